The third-order valence-corrected chi connectivity index (χ3v) is 7.42. The third kappa shape index (κ3) is 3.19. The van der Waals surface area contributed by atoms with Gasteiger partial charge in [0.25, 0.3) is 0 Å². The Kier molecular flexibility index (Phi) is 4.87. The van der Waals surface area contributed by atoms with Gasteiger partial charge in [-0.1, -0.05) is 24.3 Å². The maximum atomic E-state index is 12.6. The summed E-state index contributed by atoms with van der Waals surface area (Å²) in [5.41, 5.74) is 2.63. The summed E-state index contributed by atoms with van der Waals surface area (Å²) in [6, 6.07) is 13.3. The van der Waals surface area contributed by atoms with Gasteiger partial charge in [-0.15, -0.1) is 23.5 Å². The number of rotatable bonds is 4. The van der Waals surface area contributed by atoms with E-state index < -0.39 is 5.97 Å². The van der Waals surface area contributed by atoms with Crippen LogP contribution < -0.4 is 9.47 Å². The molecule has 1 fully saturated rings. The Morgan fingerprint density at radius 3 is 2.62 bits per heavy atom. The van der Waals surface area contributed by atoms with Gasteiger partial charge in [-0.2, -0.15) is 0 Å². The minimum absolute atomic E-state index is 0.222. The minimum atomic E-state index is -0.519. The first-order valence-corrected chi connectivity index (χ1v) is 10.4. The Morgan fingerprint density at radius 1 is 1.12 bits per heavy atom. The molecule has 0 bridgehead atoms. The number of fused-ring (bicyclic) bond motifs is 1. The van der Waals surface area contributed by atoms with Crippen molar-refractivity contribution in [2.75, 3.05) is 18.6 Å². The maximum Gasteiger partial charge on any atom is 0.380 e. The Bertz CT molecular complexity index is 958. The van der Waals surface area contributed by atoms with E-state index in [4.69, 9.17) is 13.9 Å². The van der Waals surface area contributed by atoms with Gasteiger partial charge < -0.3 is 13.9 Å². The molecule has 2 aromatic carbocycles. The second-order valence-electron chi connectivity index (χ2n) is 5.93. The Balaban J connectivity index is 1.61. The number of benzene rings is 2. The van der Waals surface area contributed by atoms with Crippen LogP contribution in [0.1, 0.15) is 26.3 Å². The standard InChI is InChI=1S/C20H18O4S2/c1-12-14-5-3-4-6-15(14)23-18(12)19(21)24-16-8-7-13(11-17(16)22-2)20-25-9-10-26-20/h3-8,11,20H,9-10H2,1-2H3. The zero-order valence-electron chi connectivity index (χ0n) is 14.5. The highest BCUT2D eigenvalue weighted by Crippen LogP contribution is 2.47. The number of aryl methyl sites for hydroxylation is 1. The van der Waals surface area contributed by atoms with E-state index in [-0.39, 0.29) is 5.76 Å². The molecule has 1 aromatic heterocycles. The topological polar surface area (TPSA) is 48.7 Å². The van der Waals surface area contributed by atoms with Crippen molar-refractivity contribution in [1.82, 2.24) is 0 Å². The number of furan rings is 1. The Hall–Kier alpha value is -2.05. The smallest absolute Gasteiger partial charge is 0.380 e. The van der Waals surface area contributed by atoms with Crippen molar-refractivity contribution < 1.29 is 18.7 Å². The number of carbonyl (C=O) groups excluding carboxylic acids is 1. The van der Waals surface area contributed by atoms with Crippen LogP contribution in [0.4, 0.5) is 0 Å². The zero-order valence-corrected chi connectivity index (χ0v) is 16.1. The van der Waals surface area contributed by atoms with Gasteiger partial charge in [0.2, 0.25) is 5.76 Å². The molecule has 0 radical (unpaired) electrons. The summed E-state index contributed by atoms with van der Waals surface area (Å²) >= 11 is 3.84. The molecule has 26 heavy (non-hydrogen) atoms. The lowest BCUT2D eigenvalue weighted by molar-refractivity contribution is 0.0698. The van der Waals surface area contributed by atoms with Crippen LogP contribution in [-0.4, -0.2) is 24.6 Å². The van der Waals surface area contributed by atoms with Crippen LogP contribution >= 0.6 is 23.5 Å². The van der Waals surface area contributed by atoms with E-state index in [2.05, 4.69) is 0 Å². The number of carbonyl (C=O) groups is 1. The number of hydrogen-bond acceptors (Lipinski definition) is 6. The molecule has 1 aliphatic rings. The van der Waals surface area contributed by atoms with Crippen molar-refractivity contribution in [3.8, 4) is 11.5 Å². The van der Waals surface area contributed by atoms with E-state index >= 15 is 0 Å². The van der Waals surface area contributed by atoms with Crippen LogP contribution in [-0.2, 0) is 0 Å². The number of para-hydroxylation sites is 1. The molecule has 0 spiro atoms. The van der Waals surface area contributed by atoms with Gasteiger partial charge in [0.1, 0.15) is 5.58 Å². The highest BCUT2D eigenvalue weighted by Gasteiger charge is 2.23. The van der Waals surface area contributed by atoms with Crippen LogP contribution in [0.25, 0.3) is 11.0 Å². The average Bonchev–Trinajstić information content (AvgIpc) is 3.31. The van der Waals surface area contributed by atoms with Gasteiger partial charge >= 0.3 is 5.97 Å². The quantitative estimate of drug-likeness (QED) is 0.439. The van der Waals surface area contributed by atoms with Crippen molar-refractivity contribution in [2.24, 2.45) is 0 Å². The molecule has 1 aliphatic heterocycles. The predicted molar refractivity (Wildman–Crippen MR) is 107 cm³/mol. The zero-order chi connectivity index (χ0) is 18.1. The fourth-order valence-electron chi connectivity index (χ4n) is 2.98. The summed E-state index contributed by atoms with van der Waals surface area (Å²) in [7, 11) is 1.58. The van der Waals surface area contributed by atoms with Crippen LogP contribution in [0, 0.1) is 6.92 Å². The van der Waals surface area contributed by atoms with Gasteiger partial charge in [-0.25, -0.2) is 4.79 Å². The third-order valence-electron chi connectivity index (χ3n) is 4.31. The van der Waals surface area contributed by atoms with Gasteiger partial charge in [-0.3, -0.25) is 0 Å². The fraction of sp³-hybridized carbons (Fsp3) is 0.250. The van der Waals surface area contributed by atoms with Crippen molar-refractivity contribution in [2.45, 2.75) is 11.5 Å². The monoisotopic (exact) mass is 386 g/mol. The average molecular weight is 386 g/mol. The van der Waals surface area contributed by atoms with E-state index in [1.54, 1.807) is 13.2 Å². The lowest BCUT2D eigenvalue weighted by atomic mass is 10.1. The molecule has 4 nitrogen and oxygen atoms in total. The second kappa shape index (κ2) is 7.29. The first kappa shape index (κ1) is 17.4. The van der Waals surface area contributed by atoms with Gasteiger partial charge in [0.15, 0.2) is 11.5 Å². The summed E-state index contributed by atoms with van der Waals surface area (Å²) < 4.78 is 17.1. The highest BCUT2D eigenvalue weighted by atomic mass is 32.2. The van der Waals surface area contributed by atoms with E-state index in [1.807, 2.05) is 66.8 Å². The van der Waals surface area contributed by atoms with E-state index in [9.17, 15) is 4.79 Å². The van der Waals surface area contributed by atoms with E-state index in [0.717, 1.165) is 22.5 Å². The maximum absolute atomic E-state index is 12.6. The normalized spacial score (nSPS) is 14.7. The number of hydrogen-bond donors (Lipinski definition) is 0. The molecule has 0 N–H and O–H groups in total. The summed E-state index contributed by atoms with van der Waals surface area (Å²) in [5, 5.41) is 0.914. The SMILES string of the molecule is COc1cc(C2SCCS2)ccc1OC(=O)c1oc2ccccc2c1C. The van der Waals surface area contributed by atoms with Gasteiger partial charge in [0.05, 0.1) is 11.7 Å². The number of methoxy groups -OCH3 is 1. The molecule has 3 aromatic rings. The fourth-order valence-corrected chi connectivity index (χ4v) is 5.82. The predicted octanol–water partition coefficient (Wildman–Crippen LogP) is 5.45. The first-order chi connectivity index (χ1) is 12.7. The largest absolute Gasteiger partial charge is 0.493 e. The number of esters is 1. The van der Waals surface area contributed by atoms with Crippen LogP contribution in [0.15, 0.2) is 46.9 Å². The summed E-state index contributed by atoms with van der Waals surface area (Å²) in [4.78, 5) is 12.6. The lowest BCUT2D eigenvalue weighted by Gasteiger charge is -2.13. The van der Waals surface area contributed by atoms with Gasteiger partial charge in [0, 0.05) is 22.5 Å². The van der Waals surface area contributed by atoms with Crippen molar-refractivity contribution in [1.29, 1.82) is 0 Å². The molecule has 0 saturated carbocycles. The summed E-state index contributed by atoms with van der Waals surface area (Å²) in [6.45, 7) is 1.86. The molecule has 0 unspecified atom stereocenters. The first-order valence-electron chi connectivity index (χ1n) is 8.29. The van der Waals surface area contributed by atoms with Crippen LogP contribution in [0.3, 0.4) is 0 Å². The Labute approximate surface area is 160 Å². The molecule has 134 valence electrons. The Morgan fingerprint density at radius 2 is 1.88 bits per heavy atom. The molecule has 1 saturated heterocycles. The molecule has 0 amide bonds. The molecule has 6 heteroatoms. The second-order valence-corrected chi connectivity index (χ2v) is 8.65. The highest BCUT2D eigenvalue weighted by molar-refractivity contribution is 8.19. The molecular weight excluding hydrogens is 368 g/mol. The van der Waals surface area contributed by atoms with Crippen molar-refractivity contribution in [3.05, 3.63) is 59.4 Å². The molecule has 2 heterocycles. The molecule has 4 rings (SSSR count). The summed E-state index contributed by atoms with van der Waals surface area (Å²) in [6.07, 6.45) is 0. The number of thioether (sulfide) groups is 2. The van der Waals surface area contributed by atoms with E-state index in [0.29, 0.717) is 21.7 Å². The molecular formula is C20H18O4S2. The molecule has 0 aliphatic carbocycles. The minimum Gasteiger partial charge on any atom is -0.493 e. The van der Waals surface area contributed by atoms with Crippen LogP contribution in [0.5, 0.6) is 11.5 Å². The van der Waals surface area contributed by atoms with Crippen molar-refractivity contribution in [3.63, 3.8) is 0 Å². The van der Waals surface area contributed by atoms with Crippen LogP contribution in [0.2, 0.25) is 0 Å². The molecule has 0 atom stereocenters. The van der Waals surface area contributed by atoms with Gasteiger partial charge in [-0.05, 0) is 30.7 Å². The lowest BCUT2D eigenvalue weighted by Crippen LogP contribution is -2.09. The summed E-state index contributed by atoms with van der Waals surface area (Å²) in [5.74, 6) is 2.96. The van der Waals surface area contributed by atoms with E-state index in [1.165, 1.54) is 5.56 Å². The number of ether oxygens (including phenoxy) is 2. The van der Waals surface area contributed by atoms with Crippen molar-refractivity contribution >= 4 is 40.5 Å².